The highest BCUT2D eigenvalue weighted by Gasteiger charge is 2.40. The lowest BCUT2D eigenvalue weighted by Gasteiger charge is -2.26. The molecule has 1 aromatic rings. The fourth-order valence-electron chi connectivity index (χ4n) is 3.23. The molecule has 2 saturated heterocycles. The molecule has 3 nitrogen and oxygen atoms in total. The fraction of sp³-hybridized carbons (Fsp3) is 0.688. The molecule has 0 radical (unpaired) electrons. The van der Waals surface area contributed by atoms with Crippen LogP contribution in [0, 0.1) is 11.8 Å². The normalized spacial score (nSPS) is 29.8. The number of rotatable bonds is 5. The van der Waals surface area contributed by atoms with Gasteiger partial charge in [-0.1, -0.05) is 13.8 Å². The fourth-order valence-corrected chi connectivity index (χ4v) is 5.18. The number of amides is 1. The topological polar surface area (TPSA) is 32.3 Å². The molecule has 1 aromatic heterocycles. The van der Waals surface area contributed by atoms with Crippen molar-refractivity contribution in [1.29, 1.82) is 0 Å². The molecule has 3 heterocycles. The molecular formula is C16H24N2OS2. The molecule has 0 aromatic carbocycles. The smallest absolute Gasteiger partial charge is 0.241 e. The second-order valence-corrected chi connectivity index (χ2v) is 8.46. The van der Waals surface area contributed by atoms with Crippen molar-refractivity contribution in [1.82, 2.24) is 10.2 Å². The van der Waals surface area contributed by atoms with Gasteiger partial charge in [-0.2, -0.15) is 23.1 Å². The number of carbonyl (C=O) groups excluding carboxylic acids is 1. The quantitative estimate of drug-likeness (QED) is 0.901. The van der Waals surface area contributed by atoms with Crippen molar-refractivity contribution in [2.45, 2.75) is 38.9 Å². The van der Waals surface area contributed by atoms with Crippen LogP contribution in [0.1, 0.15) is 38.4 Å². The van der Waals surface area contributed by atoms with Crippen molar-refractivity contribution < 1.29 is 4.79 Å². The van der Waals surface area contributed by atoms with E-state index in [1.165, 1.54) is 23.5 Å². The summed E-state index contributed by atoms with van der Waals surface area (Å²) >= 11 is 3.73. The molecule has 2 aliphatic heterocycles. The van der Waals surface area contributed by atoms with Gasteiger partial charge in [-0.25, -0.2) is 0 Å². The Morgan fingerprint density at radius 1 is 1.48 bits per heavy atom. The van der Waals surface area contributed by atoms with Crippen molar-refractivity contribution >= 4 is 29.0 Å². The first-order chi connectivity index (χ1) is 10.1. The van der Waals surface area contributed by atoms with Gasteiger partial charge in [-0.15, -0.1) is 0 Å². The molecular weight excluding hydrogens is 300 g/mol. The van der Waals surface area contributed by atoms with E-state index in [-0.39, 0.29) is 12.2 Å². The van der Waals surface area contributed by atoms with Crippen LogP contribution in [0.3, 0.4) is 0 Å². The summed E-state index contributed by atoms with van der Waals surface area (Å²) in [5, 5.41) is 7.84. The molecule has 3 atom stereocenters. The highest BCUT2D eigenvalue weighted by molar-refractivity contribution is 7.99. The molecule has 0 saturated carbocycles. The van der Waals surface area contributed by atoms with Gasteiger partial charge >= 0.3 is 0 Å². The minimum Gasteiger partial charge on any atom is -0.321 e. The number of thiophene rings is 1. The average molecular weight is 325 g/mol. The largest absolute Gasteiger partial charge is 0.321 e. The minimum atomic E-state index is -0.0102. The van der Waals surface area contributed by atoms with Crippen molar-refractivity contribution in [3.63, 3.8) is 0 Å². The van der Waals surface area contributed by atoms with Gasteiger partial charge in [0.05, 0.1) is 6.04 Å². The molecule has 3 rings (SSSR count). The minimum absolute atomic E-state index is 0.0102. The van der Waals surface area contributed by atoms with Crippen LogP contribution in [0.4, 0.5) is 0 Å². The lowest BCUT2D eigenvalue weighted by Crippen LogP contribution is -2.35. The Morgan fingerprint density at radius 3 is 2.95 bits per heavy atom. The van der Waals surface area contributed by atoms with E-state index in [1.807, 2.05) is 11.8 Å². The van der Waals surface area contributed by atoms with E-state index in [4.69, 9.17) is 0 Å². The summed E-state index contributed by atoms with van der Waals surface area (Å²) in [5.41, 5.74) is 1.24. The summed E-state index contributed by atoms with van der Waals surface area (Å²) in [4.78, 5) is 14.9. The second kappa shape index (κ2) is 6.71. The van der Waals surface area contributed by atoms with Crippen molar-refractivity contribution in [2.75, 3.05) is 18.1 Å². The Hall–Kier alpha value is -0.520. The molecule has 0 bridgehead atoms. The molecule has 1 N–H and O–H groups in total. The zero-order chi connectivity index (χ0) is 14.8. The molecule has 1 amide bonds. The second-order valence-electron chi connectivity index (χ2n) is 6.53. The van der Waals surface area contributed by atoms with E-state index in [0.29, 0.717) is 17.7 Å². The average Bonchev–Trinajstić information content (AvgIpc) is 3.15. The summed E-state index contributed by atoms with van der Waals surface area (Å²) in [6, 6.07) is 2.13. The predicted octanol–water partition coefficient (Wildman–Crippen LogP) is 3.35. The van der Waals surface area contributed by atoms with Crippen molar-refractivity contribution in [3.05, 3.63) is 22.4 Å². The van der Waals surface area contributed by atoms with Gasteiger partial charge in [0, 0.05) is 6.54 Å². The molecule has 2 aliphatic rings. The van der Waals surface area contributed by atoms with Crippen LogP contribution in [0.5, 0.6) is 0 Å². The monoisotopic (exact) mass is 324 g/mol. The lowest BCUT2D eigenvalue weighted by atomic mass is 10.0. The summed E-state index contributed by atoms with van der Waals surface area (Å²) in [6.07, 6.45) is 2.26. The van der Waals surface area contributed by atoms with Crippen LogP contribution >= 0.6 is 23.1 Å². The number of thioether (sulfide) groups is 1. The SMILES string of the molecule is CC(C)CC1NC(c2ccsc2)N(CC2CCSC2)C1=O. The van der Waals surface area contributed by atoms with Crippen LogP contribution < -0.4 is 5.32 Å². The maximum Gasteiger partial charge on any atom is 0.241 e. The summed E-state index contributed by atoms with van der Waals surface area (Å²) < 4.78 is 0. The predicted molar refractivity (Wildman–Crippen MR) is 90.6 cm³/mol. The Bertz CT molecular complexity index is 469. The molecule has 3 unspecified atom stereocenters. The van der Waals surface area contributed by atoms with Crippen LogP contribution in [0.2, 0.25) is 0 Å². The first-order valence-corrected chi connectivity index (χ1v) is 9.91. The Balaban J connectivity index is 1.76. The number of nitrogens with one attached hydrogen (secondary N) is 1. The highest BCUT2D eigenvalue weighted by atomic mass is 32.2. The van der Waals surface area contributed by atoms with E-state index in [9.17, 15) is 4.79 Å². The Morgan fingerprint density at radius 2 is 2.33 bits per heavy atom. The van der Waals surface area contributed by atoms with Gasteiger partial charge in [-0.05, 0) is 58.6 Å². The van der Waals surface area contributed by atoms with Crippen LogP contribution in [0.15, 0.2) is 16.8 Å². The van der Waals surface area contributed by atoms with Gasteiger partial charge in [0.15, 0.2) is 0 Å². The third kappa shape index (κ3) is 3.46. The highest BCUT2D eigenvalue weighted by Crippen LogP contribution is 2.32. The number of nitrogens with zero attached hydrogens (tertiary/aromatic N) is 1. The molecule has 116 valence electrons. The zero-order valence-corrected chi connectivity index (χ0v) is 14.4. The number of hydrogen-bond acceptors (Lipinski definition) is 4. The van der Waals surface area contributed by atoms with Crippen LogP contribution in [0.25, 0.3) is 0 Å². The maximum absolute atomic E-state index is 12.8. The van der Waals surface area contributed by atoms with E-state index >= 15 is 0 Å². The van der Waals surface area contributed by atoms with E-state index in [1.54, 1.807) is 11.3 Å². The zero-order valence-electron chi connectivity index (χ0n) is 12.7. The number of carbonyl (C=O) groups is 1. The van der Waals surface area contributed by atoms with Gasteiger partial charge in [0.2, 0.25) is 5.91 Å². The number of hydrogen-bond donors (Lipinski definition) is 1. The molecule has 0 aliphatic carbocycles. The van der Waals surface area contributed by atoms with E-state index in [0.717, 1.165) is 13.0 Å². The van der Waals surface area contributed by atoms with Gasteiger partial charge in [0.1, 0.15) is 6.17 Å². The third-order valence-corrected chi connectivity index (χ3v) is 6.23. The van der Waals surface area contributed by atoms with Gasteiger partial charge in [-0.3, -0.25) is 10.1 Å². The summed E-state index contributed by atoms with van der Waals surface area (Å²) in [5.74, 6) is 3.96. The summed E-state index contributed by atoms with van der Waals surface area (Å²) in [7, 11) is 0. The third-order valence-electron chi connectivity index (χ3n) is 4.30. The standard InChI is InChI=1S/C16H24N2OS2/c1-11(2)7-14-16(19)18(8-12-3-5-20-9-12)15(17-14)13-4-6-21-10-13/h4,6,10-12,14-15,17H,3,5,7-9H2,1-2H3. The van der Waals surface area contributed by atoms with Crippen LogP contribution in [-0.4, -0.2) is 34.9 Å². The van der Waals surface area contributed by atoms with Gasteiger partial charge < -0.3 is 4.90 Å². The molecule has 21 heavy (non-hydrogen) atoms. The Labute approximate surface area is 135 Å². The van der Waals surface area contributed by atoms with Crippen LogP contribution in [-0.2, 0) is 4.79 Å². The molecule has 5 heteroatoms. The Kier molecular flexibility index (Phi) is 4.92. The van der Waals surface area contributed by atoms with Gasteiger partial charge in [0.25, 0.3) is 0 Å². The lowest BCUT2D eigenvalue weighted by molar-refractivity contribution is -0.130. The van der Waals surface area contributed by atoms with Crippen molar-refractivity contribution in [3.8, 4) is 0 Å². The first kappa shape index (κ1) is 15.4. The molecule has 0 spiro atoms. The first-order valence-electron chi connectivity index (χ1n) is 7.81. The van der Waals surface area contributed by atoms with E-state index in [2.05, 4.69) is 40.9 Å². The summed E-state index contributed by atoms with van der Waals surface area (Å²) in [6.45, 7) is 5.28. The maximum atomic E-state index is 12.8. The van der Waals surface area contributed by atoms with E-state index < -0.39 is 0 Å². The molecule has 2 fully saturated rings. The van der Waals surface area contributed by atoms with Crippen molar-refractivity contribution in [2.24, 2.45) is 11.8 Å².